The van der Waals surface area contributed by atoms with Crippen LogP contribution in [0.4, 0.5) is 0 Å². The highest BCUT2D eigenvalue weighted by atomic mass is 16.1. The van der Waals surface area contributed by atoms with Crippen molar-refractivity contribution in [1.82, 2.24) is 4.90 Å². The SMILES string of the molecule is CN(C)/C=C/C=C/C(=O)C12CC3CC(CC(C3)C1)C2. The number of hydrogen-bond donors (Lipinski definition) is 0. The van der Waals surface area contributed by atoms with Crippen molar-refractivity contribution in [2.75, 3.05) is 14.1 Å². The maximum atomic E-state index is 12.6. The Balaban J connectivity index is 1.69. The molecule has 0 aromatic heterocycles. The van der Waals surface area contributed by atoms with Gasteiger partial charge >= 0.3 is 0 Å². The van der Waals surface area contributed by atoms with Gasteiger partial charge in [0, 0.05) is 19.5 Å². The average Bonchev–Trinajstić information content (AvgIpc) is 2.32. The second-order valence-electron chi connectivity index (χ2n) is 7.23. The summed E-state index contributed by atoms with van der Waals surface area (Å²) in [5.74, 6) is 2.94. The maximum absolute atomic E-state index is 12.6. The lowest BCUT2D eigenvalue weighted by Gasteiger charge is -2.55. The van der Waals surface area contributed by atoms with Gasteiger partial charge in [0.1, 0.15) is 0 Å². The molecule has 0 spiro atoms. The number of nitrogens with zero attached hydrogens (tertiary/aromatic N) is 1. The fraction of sp³-hybridized carbons (Fsp3) is 0.706. The lowest BCUT2D eigenvalue weighted by molar-refractivity contribution is -0.138. The van der Waals surface area contributed by atoms with Crippen LogP contribution in [0, 0.1) is 23.2 Å². The molecule has 19 heavy (non-hydrogen) atoms. The van der Waals surface area contributed by atoms with E-state index in [9.17, 15) is 4.79 Å². The lowest BCUT2D eigenvalue weighted by Crippen LogP contribution is -2.49. The monoisotopic (exact) mass is 259 g/mol. The van der Waals surface area contributed by atoms with Crippen LogP contribution in [0.15, 0.2) is 24.4 Å². The van der Waals surface area contributed by atoms with Crippen molar-refractivity contribution in [3.63, 3.8) is 0 Å². The topological polar surface area (TPSA) is 20.3 Å². The van der Waals surface area contributed by atoms with E-state index in [1.165, 1.54) is 38.5 Å². The molecule has 2 heteroatoms. The van der Waals surface area contributed by atoms with Crippen LogP contribution in [0.1, 0.15) is 38.5 Å². The molecule has 4 fully saturated rings. The minimum Gasteiger partial charge on any atom is -0.383 e. The van der Waals surface area contributed by atoms with Crippen molar-refractivity contribution in [2.24, 2.45) is 23.2 Å². The summed E-state index contributed by atoms with van der Waals surface area (Å²) in [5.41, 5.74) is 0.0250. The summed E-state index contributed by atoms with van der Waals surface area (Å²) in [6, 6.07) is 0. The van der Waals surface area contributed by atoms with E-state index >= 15 is 0 Å². The summed E-state index contributed by atoms with van der Waals surface area (Å²) in [4.78, 5) is 14.6. The van der Waals surface area contributed by atoms with Gasteiger partial charge in [0.15, 0.2) is 5.78 Å². The Hall–Kier alpha value is -1.05. The Kier molecular flexibility index (Phi) is 3.28. The molecule has 104 valence electrons. The van der Waals surface area contributed by atoms with Gasteiger partial charge in [-0.3, -0.25) is 4.79 Å². The van der Waals surface area contributed by atoms with Crippen molar-refractivity contribution in [3.05, 3.63) is 24.4 Å². The van der Waals surface area contributed by atoms with Crippen LogP contribution in [0.3, 0.4) is 0 Å². The van der Waals surface area contributed by atoms with E-state index in [0.29, 0.717) is 5.78 Å². The normalized spacial score (nSPS) is 40.4. The summed E-state index contributed by atoms with van der Waals surface area (Å²) in [6.07, 6.45) is 15.4. The summed E-state index contributed by atoms with van der Waals surface area (Å²) < 4.78 is 0. The number of carbonyl (C=O) groups excluding carboxylic acids is 1. The van der Waals surface area contributed by atoms with E-state index in [1.54, 1.807) is 0 Å². The maximum Gasteiger partial charge on any atom is 0.161 e. The zero-order valence-corrected chi connectivity index (χ0v) is 12.1. The zero-order chi connectivity index (χ0) is 13.5. The van der Waals surface area contributed by atoms with Gasteiger partial charge in [-0.2, -0.15) is 0 Å². The predicted octanol–water partition coefficient (Wildman–Crippen LogP) is 3.40. The fourth-order valence-corrected chi connectivity index (χ4v) is 4.95. The molecule has 0 heterocycles. The molecule has 0 atom stereocenters. The highest BCUT2D eigenvalue weighted by Gasteiger charge is 2.53. The van der Waals surface area contributed by atoms with E-state index in [0.717, 1.165) is 17.8 Å². The number of rotatable bonds is 4. The molecule has 4 aliphatic carbocycles. The van der Waals surface area contributed by atoms with Gasteiger partial charge in [-0.25, -0.2) is 0 Å². The van der Waals surface area contributed by atoms with E-state index in [-0.39, 0.29) is 5.41 Å². The zero-order valence-electron chi connectivity index (χ0n) is 12.1. The van der Waals surface area contributed by atoms with Crippen molar-refractivity contribution in [3.8, 4) is 0 Å². The van der Waals surface area contributed by atoms with Gasteiger partial charge in [0.2, 0.25) is 0 Å². The first-order valence-corrected chi connectivity index (χ1v) is 7.63. The second-order valence-corrected chi connectivity index (χ2v) is 7.23. The number of hydrogen-bond acceptors (Lipinski definition) is 2. The summed E-state index contributed by atoms with van der Waals surface area (Å²) in [7, 11) is 3.98. The fourth-order valence-electron chi connectivity index (χ4n) is 4.95. The smallest absolute Gasteiger partial charge is 0.161 e. The van der Waals surface area contributed by atoms with Gasteiger partial charge in [0.25, 0.3) is 0 Å². The molecule has 2 nitrogen and oxygen atoms in total. The van der Waals surface area contributed by atoms with Crippen molar-refractivity contribution in [2.45, 2.75) is 38.5 Å². The standard InChI is InChI=1S/C17H25NO/c1-18(2)6-4-3-5-16(19)17-10-13-7-14(11-17)9-15(8-13)12-17/h3-6,13-15H,7-12H2,1-2H3/b5-3+,6-4+. The molecule has 0 unspecified atom stereocenters. The van der Waals surface area contributed by atoms with E-state index in [1.807, 2.05) is 43.4 Å². The molecule has 0 radical (unpaired) electrons. The minimum absolute atomic E-state index is 0.0250. The Labute approximate surface area is 116 Å². The number of ketones is 1. The molecular formula is C17H25NO. The summed E-state index contributed by atoms with van der Waals surface area (Å²) in [5, 5.41) is 0. The van der Waals surface area contributed by atoms with Crippen molar-refractivity contribution < 1.29 is 4.79 Å². The Morgan fingerprint density at radius 1 is 1.00 bits per heavy atom. The van der Waals surface area contributed by atoms with Crippen LogP contribution in [0.25, 0.3) is 0 Å². The van der Waals surface area contributed by atoms with Crippen molar-refractivity contribution >= 4 is 5.78 Å². The molecule has 0 aromatic rings. The van der Waals surface area contributed by atoms with Crippen LogP contribution < -0.4 is 0 Å². The molecule has 0 aliphatic heterocycles. The highest BCUT2D eigenvalue weighted by Crippen LogP contribution is 2.60. The average molecular weight is 259 g/mol. The third kappa shape index (κ3) is 2.50. The van der Waals surface area contributed by atoms with E-state index in [4.69, 9.17) is 0 Å². The molecular weight excluding hydrogens is 234 g/mol. The van der Waals surface area contributed by atoms with Gasteiger partial charge in [-0.15, -0.1) is 0 Å². The first-order chi connectivity index (χ1) is 9.07. The van der Waals surface area contributed by atoms with Crippen LogP contribution in [0.5, 0.6) is 0 Å². The van der Waals surface area contributed by atoms with E-state index in [2.05, 4.69) is 0 Å². The number of allylic oxidation sites excluding steroid dienone is 3. The lowest BCUT2D eigenvalue weighted by atomic mass is 9.48. The van der Waals surface area contributed by atoms with Gasteiger partial charge in [0.05, 0.1) is 0 Å². The third-order valence-electron chi connectivity index (χ3n) is 5.30. The first kappa shape index (κ1) is 13.0. The Morgan fingerprint density at radius 3 is 2.00 bits per heavy atom. The Bertz CT molecular complexity index is 384. The predicted molar refractivity (Wildman–Crippen MR) is 77.6 cm³/mol. The highest BCUT2D eigenvalue weighted by molar-refractivity contribution is 5.95. The molecule has 4 bridgehead atoms. The van der Waals surface area contributed by atoms with E-state index < -0.39 is 0 Å². The molecule has 4 aliphatic rings. The third-order valence-corrected chi connectivity index (χ3v) is 5.30. The first-order valence-electron chi connectivity index (χ1n) is 7.63. The van der Waals surface area contributed by atoms with Crippen LogP contribution >= 0.6 is 0 Å². The quantitative estimate of drug-likeness (QED) is 0.569. The summed E-state index contributed by atoms with van der Waals surface area (Å²) in [6.45, 7) is 0. The van der Waals surface area contributed by atoms with Gasteiger partial charge in [-0.1, -0.05) is 6.08 Å². The molecule has 0 saturated heterocycles. The summed E-state index contributed by atoms with van der Waals surface area (Å²) >= 11 is 0. The van der Waals surface area contributed by atoms with Gasteiger partial charge in [-0.05, 0) is 74.6 Å². The molecule has 0 N–H and O–H groups in total. The van der Waals surface area contributed by atoms with Crippen molar-refractivity contribution in [1.29, 1.82) is 0 Å². The molecule has 0 amide bonds. The molecule has 0 aromatic carbocycles. The minimum atomic E-state index is 0.0250. The Morgan fingerprint density at radius 2 is 1.53 bits per heavy atom. The molecule has 4 saturated carbocycles. The van der Waals surface area contributed by atoms with Crippen LogP contribution in [-0.4, -0.2) is 24.8 Å². The van der Waals surface area contributed by atoms with Crippen LogP contribution in [-0.2, 0) is 4.79 Å². The van der Waals surface area contributed by atoms with Gasteiger partial charge < -0.3 is 4.90 Å². The number of carbonyl (C=O) groups is 1. The molecule has 4 rings (SSSR count). The largest absolute Gasteiger partial charge is 0.383 e. The van der Waals surface area contributed by atoms with Crippen LogP contribution in [0.2, 0.25) is 0 Å². The second kappa shape index (κ2) is 4.81.